The first-order valence-electron chi connectivity index (χ1n) is 8.04. The van der Waals surface area contributed by atoms with Gasteiger partial charge in [0.15, 0.2) is 0 Å². The average Bonchev–Trinajstić information content (AvgIpc) is 2.85. The summed E-state index contributed by atoms with van der Waals surface area (Å²) >= 11 is 1.80. The van der Waals surface area contributed by atoms with Crippen molar-refractivity contribution in [2.45, 2.75) is 77.4 Å². The van der Waals surface area contributed by atoms with Crippen molar-refractivity contribution in [3.8, 4) is 0 Å². The molecule has 1 aromatic heterocycles. The van der Waals surface area contributed by atoms with Crippen molar-refractivity contribution in [3.63, 3.8) is 0 Å². The number of aromatic nitrogens is 1. The molecule has 2 rings (SSSR count). The van der Waals surface area contributed by atoms with E-state index in [4.69, 9.17) is 9.72 Å². The highest BCUT2D eigenvalue weighted by atomic mass is 32.1. The number of hydrogen-bond acceptors (Lipinski definition) is 4. The molecule has 21 heavy (non-hydrogen) atoms. The van der Waals surface area contributed by atoms with E-state index in [0.717, 1.165) is 32.4 Å². The zero-order valence-corrected chi connectivity index (χ0v) is 15.2. The van der Waals surface area contributed by atoms with E-state index in [1.807, 2.05) is 0 Å². The molecule has 1 aliphatic heterocycles. The summed E-state index contributed by atoms with van der Waals surface area (Å²) in [5, 5.41) is 7.25. The van der Waals surface area contributed by atoms with E-state index in [-0.39, 0.29) is 16.6 Å². The van der Waals surface area contributed by atoms with Gasteiger partial charge in [-0.15, -0.1) is 11.3 Å². The van der Waals surface area contributed by atoms with Gasteiger partial charge >= 0.3 is 0 Å². The van der Waals surface area contributed by atoms with E-state index in [1.165, 1.54) is 10.7 Å². The fourth-order valence-corrected chi connectivity index (χ4v) is 4.23. The first-order chi connectivity index (χ1) is 9.69. The van der Waals surface area contributed by atoms with E-state index < -0.39 is 0 Å². The predicted octanol–water partition coefficient (Wildman–Crippen LogP) is 4.22. The molecule has 1 aliphatic rings. The van der Waals surface area contributed by atoms with Gasteiger partial charge in [-0.3, -0.25) is 0 Å². The molecule has 1 saturated heterocycles. The smallest absolute Gasteiger partial charge is 0.113 e. The lowest BCUT2D eigenvalue weighted by molar-refractivity contribution is -0.0898. The van der Waals surface area contributed by atoms with Gasteiger partial charge in [0, 0.05) is 23.8 Å². The van der Waals surface area contributed by atoms with Crippen molar-refractivity contribution >= 4 is 11.3 Å². The molecule has 3 nitrogen and oxygen atoms in total. The molecule has 0 amide bonds. The Morgan fingerprint density at radius 2 is 2.10 bits per heavy atom. The molecular formula is C17H30N2OS. The highest BCUT2D eigenvalue weighted by Crippen LogP contribution is 2.41. The topological polar surface area (TPSA) is 34.2 Å². The molecule has 0 radical (unpaired) electrons. The maximum Gasteiger partial charge on any atom is 0.113 e. The third-order valence-corrected chi connectivity index (χ3v) is 5.19. The lowest BCUT2D eigenvalue weighted by Crippen LogP contribution is -2.52. The van der Waals surface area contributed by atoms with Crippen LogP contribution in [0.1, 0.15) is 71.5 Å². The number of nitrogens with one attached hydrogen (secondary N) is 1. The Balaban J connectivity index is 2.33. The van der Waals surface area contributed by atoms with Crippen molar-refractivity contribution < 1.29 is 4.74 Å². The highest BCUT2D eigenvalue weighted by molar-refractivity contribution is 7.09. The number of nitrogens with zero attached hydrogens (tertiary/aromatic N) is 1. The Bertz CT molecular complexity index is 475. The molecule has 1 unspecified atom stereocenters. The van der Waals surface area contributed by atoms with Gasteiger partial charge in [0.25, 0.3) is 0 Å². The first-order valence-corrected chi connectivity index (χ1v) is 8.92. The summed E-state index contributed by atoms with van der Waals surface area (Å²) in [7, 11) is 0. The summed E-state index contributed by atoms with van der Waals surface area (Å²) in [6.07, 6.45) is 3.13. The van der Waals surface area contributed by atoms with Gasteiger partial charge in [0.2, 0.25) is 0 Å². The third-order valence-electron chi connectivity index (χ3n) is 4.14. The van der Waals surface area contributed by atoms with Gasteiger partial charge in [-0.2, -0.15) is 0 Å². The van der Waals surface area contributed by atoms with Crippen LogP contribution >= 0.6 is 11.3 Å². The van der Waals surface area contributed by atoms with Crippen LogP contribution in [0.2, 0.25) is 0 Å². The number of thiazole rings is 1. The van der Waals surface area contributed by atoms with E-state index in [1.54, 1.807) is 11.3 Å². The zero-order valence-electron chi connectivity index (χ0n) is 14.4. The fourth-order valence-electron chi connectivity index (χ4n) is 2.98. The molecule has 1 N–H and O–H groups in total. The van der Waals surface area contributed by atoms with Crippen LogP contribution in [-0.4, -0.2) is 23.7 Å². The van der Waals surface area contributed by atoms with Crippen LogP contribution in [0.3, 0.4) is 0 Å². The molecule has 0 aromatic carbocycles. The SMILES string of the molecule is CCCNC1(c2nc(C(C)(C)C)cs2)CCOC(C)(C)C1. The Morgan fingerprint density at radius 3 is 2.62 bits per heavy atom. The fraction of sp³-hybridized carbons (Fsp3) is 0.824. The Kier molecular flexibility index (Phi) is 4.81. The molecule has 2 heterocycles. The van der Waals surface area contributed by atoms with Crippen molar-refractivity contribution in [2.24, 2.45) is 0 Å². The van der Waals surface area contributed by atoms with Crippen LogP contribution in [0.25, 0.3) is 0 Å². The number of hydrogen-bond donors (Lipinski definition) is 1. The summed E-state index contributed by atoms with van der Waals surface area (Å²) in [5.41, 5.74) is 1.20. The summed E-state index contributed by atoms with van der Waals surface area (Å²) in [6.45, 7) is 15.1. The van der Waals surface area contributed by atoms with Crippen molar-refractivity contribution in [3.05, 3.63) is 16.1 Å². The Hall–Kier alpha value is -0.450. The number of rotatable bonds is 4. The van der Waals surface area contributed by atoms with Crippen LogP contribution in [-0.2, 0) is 15.7 Å². The first kappa shape index (κ1) is 16.9. The minimum Gasteiger partial charge on any atom is -0.375 e. The van der Waals surface area contributed by atoms with Crippen LogP contribution in [0.5, 0.6) is 0 Å². The van der Waals surface area contributed by atoms with Crippen molar-refractivity contribution in [1.82, 2.24) is 10.3 Å². The summed E-state index contributed by atoms with van der Waals surface area (Å²) < 4.78 is 5.93. The molecule has 0 bridgehead atoms. The van der Waals surface area contributed by atoms with Crippen molar-refractivity contribution in [1.29, 1.82) is 0 Å². The van der Waals surface area contributed by atoms with E-state index in [9.17, 15) is 0 Å². The third kappa shape index (κ3) is 3.85. The Morgan fingerprint density at radius 1 is 1.38 bits per heavy atom. The molecule has 1 fully saturated rings. The molecular weight excluding hydrogens is 280 g/mol. The lowest BCUT2D eigenvalue weighted by atomic mass is 9.81. The quantitative estimate of drug-likeness (QED) is 0.904. The second kappa shape index (κ2) is 5.98. The average molecular weight is 311 g/mol. The zero-order chi connectivity index (χ0) is 15.7. The molecule has 1 atom stereocenters. The van der Waals surface area contributed by atoms with E-state index in [0.29, 0.717) is 0 Å². The summed E-state index contributed by atoms with van der Waals surface area (Å²) in [6, 6.07) is 0. The van der Waals surface area contributed by atoms with Crippen LogP contribution < -0.4 is 5.32 Å². The number of ether oxygens (including phenoxy) is 1. The normalized spacial score (nSPS) is 26.0. The van der Waals surface area contributed by atoms with Crippen LogP contribution in [0, 0.1) is 0 Å². The van der Waals surface area contributed by atoms with Gasteiger partial charge in [0.05, 0.1) is 16.8 Å². The molecule has 120 valence electrons. The van der Waals surface area contributed by atoms with Gasteiger partial charge in [-0.1, -0.05) is 27.7 Å². The van der Waals surface area contributed by atoms with Gasteiger partial charge in [0.1, 0.15) is 5.01 Å². The lowest BCUT2D eigenvalue weighted by Gasteiger charge is -2.44. The maximum absolute atomic E-state index is 5.93. The molecule has 4 heteroatoms. The maximum atomic E-state index is 5.93. The minimum absolute atomic E-state index is 0.0219. The Labute approximate surface area is 133 Å². The minimum atomic E-state index is -0.0907. The second-order valence-corrected chi connectivity index (χ2v) is 8.69. The molecule has 1 aromatic rings. The summed E-state index contributed by atoms with van der Waals surface area (Å²) in [5.74, 6) is 0. The highest BCUT2D eigenvalue weighted by Gasteiger charge is 2.44. The molecule has 0 saturated carbocycles. The monoisotopic (exact) mass is 310 g/mol. The largest absolute Gasteiger partial charge is 0.375 e. The standard InChI is InChI=1S/C17H30N2OS/c1-7-9-18-17(8-10-20-16(5,6)12-17)14-19-13(11-21-14)15(2,3)4/h11,18H,7-10,12H2,1-6H3. The van der Waals surface area contributed by atoms with Crippen LogP contribution in [0.4, 0.5) is 0 Å². The van der Waals surface area contributed by atoms with E-state index in [2.05, 4.69) is 52.2 Å². The summed E-state index contributed by atoms with van der Waals surface area (Å²) in [4.78, 5) is 5.00. The predicted molar refractivity (Wildman–Crippen MR) is 90.1 cm³/mol. The second-order valence-electron chi connectivity index (χ2n) is 7.83. The molecule has 0 spiro atoms. The van der Waals surface area contributed by atoms with Crippen molar-refractivity contribution in [2.75, 3.05) is 13.2 Å². The van der Waals surface area contributed by atoms with Gasteiger partial charge in [-0.05, 0) is 33.2 Å². The molecule has 0 aliphatic carbocycles. The van der Waals surface area contributed by atoms with Gasteiger partial charge in [-0.25, -0.2) is 4.98 Å². The van der Waals surface area contributed by atoms with Crippen LogP contribution in [0.15, 0.2) is 5.38 Å². The van der Waals surface area contributed by atoms with E-state index >= 15 is 0 Å². The van der Waals surface area contributed by atoms with Gasteiger partial charge < -0.3 is 10.1 Å².